The monoisotopic (exact) mass is 994 g/mol. The van der Waals surface area contributed by atoms with Gasteiger partial charge in [0.05, 0.1) is 39.9 Å². The Balaban J connectivity index is 4.25. The van der Waals surface area contributed by atoms with E-state index in [4.69, 9.17) is 9.05 Å². The van der Waals surface area contributed by atoms with E-state index in [-0.39, 0.29) is 19.1 Å². The summed E-state index contributed by atoms with van der Waals surface area (Å²) in [7, 11) is 1.53. The number of rotatable bonds is 49. The van der Waals surface area contributed by atoms with Crippen LogP contribution in [0.15, 0.2) is 122 Å². The van der Waals surface area contributed by atoms with E-state index in [9.17, 15) is 19.4 Å². The average Bonchev–Trinajstić information content (AvgIpc) is 3.32. The SMILES string of the molecule is CC/C=C\C/C=C\C/C=C\C/C=C\C/C=C\C/C=C\C/C=C\C/C=C\CCCCCCCCCCC(=O)NC(COP(=O)(O)OCC[N+](C)(C)C)C(O)/C=C/CC/C=C/CCCCCCCCCCC. The molecule has 0 saturated carbocycles. The predicted octanol–water partition coefficient (Wildman–Crippen LogP) is 17.0. The lowest BCUT2D eigenvalue weighted by Gasteiger charge is -2.25. The maximum Gasteiger partial charge on any atom is 0.472 e. The third-order valence-corrected chi connectivity index (χ3v) is 12.6. The van der Waals surface area contributed by atoms with Crippen LogP contribution in [0.25, 0.3) is 0 Å². The maximum absolute atomic E-state index is 13.0. The molecular weight excluding hydrogens is 888 g/mol. The highest BCUT2D eigenvalue weighted by Crippen LogP contribution is 2.43. The second kappa shape index (κ2) is 50.8. The first-order valence-electron chi connectivity index (χ1n) is 27.9. The molecule has 0 bridgehead atoms. The fourth-order valence-electron chi connectivity index (χ4n) is 7.31. The Bertz CT molecular complexity index is 1550. The molecule has 0 aromatic rings. The van der Waals surface area contributed by atoms with Gasteiger partial charge in [-0.3, -0.25) is 13.8 Å². The van der Waals surface area contributed by atoms with Crippen LogP contribution in [0.5, 0.6) is 0 Å². The summed E-state index contributed by atoms with van der Waals surface area (Å²) in [6.45, 7) is 4.65. The van der Waals surface area contributed by atoms with Gasteiger partial charge in [0.1, 0.15) is 13.2 Å². The van der Waals surface area contributed by atoms with Crippen molar-refractivity contribution in [3.05, 3.63) is 122 Å². The molecule has 1 amide bonds. The fourth-order valence-corrected chi connectivity index (χ4v) is 8.04. The van der Waals surface area contributed by atoms with Crippen LogP contribution in [0.4, 0.5) is 0 Å². The number of allylic oxidation sites excluding steroid dienone is 19. The van der Waals surface area contributed by atoms with Crippen LogP contribution in [0.2, 0.25) is 0 Å². The van der Waals surface area contributed by atoms with Gasteiger partial charge in [0.15, 0.2) is 0 Å². The molecule has 0 aliphatic carbocycles. The number of phosphoric acid groups is 1. The van der Waals surface area contributed by atoms with E-state index in [0.717, 1.165) is 103 Å². The summed E-state index contributed by atoms with van der Waals surface area (Å²) in [6, 6.07) is -0.876. The zero-order chi connectivity index (χ0) is 51.3. The number of likely N-dealkylation sites (N-methyl/N-ethyl adjacent to an activating group) is 1. The van der Waals surface area contributed by atoms with Crippen molar-refractivity contribution in [2.24, 2.45) is 0 Å². The Kier molecular flexibility index (Phi) is 48.6. The summed E-state index contributed by atoms with van der Waals surface area (Å²) in [5, 5.41) is 13.9. The Morgan fingerprint density at radius 2 is 0.871 bits per heavy atom. The number of amides is 1. The number of nitrogens with one attached hydrogen (secondary N) is 1. The van der Waals surface area contributed by atoms with Gasteiger partial charge in [-0.25, -0.2) is 4.57 Å². The first-order valence-corrected chi connectivity index (χ1v) is 29.4. The van der Waals surface area contributed by atoms with Crippen molar-refractivity contribution in [1.29, 1.82) is 0 Å². The number of unbranched alkanes of at least 4 members (excludes halogenated alkanes) is 18. The van der Waals surface area contributed by atoms with Gasteiger partial charge in [0, 0.05) is 6.42 Å². The minimum absolute atomic E-state index is 0.0481. The average molecular weight is 995 g/mol. The standard InChI is InChI=1S/C61H105N2O6P/c1-6-8-10-12-14-16-18-20-22-23-24-25-26-27-28-29-30-31-32-33-34-35-36-37-38-39-41-43-45-47-49-51-53-55-61(65)62-59(58-69-70(66,67)68-57-56-63(3,4)5)60(64)54-52-50-48-46-44-42-40-21-19-17-15-13-11-9-7-2/h8,10,14,16,20,22,24-25,27-28,30-31,33-34,36-37,44,46,52,54,59-60,64H,6-7,9,11-13,15,17-19,21,23,26,29,32,35,38-43,45,47-51,53,55-58H2,1-5H3,(H-,62,65,66,67)/p+1/b10-8-,16-14-,22-20-,25-24-,28-27-,31-30-,34-33-,37-36-,46-44+,54-52+. The van der Waals surface area contributed by atoms with Gasteiger partial charge < -0.3 is 19.8 Å². The second-order valence-corrected chi connectivity index (χ2v) is 21.0. The molecule has 0 heterocycles. The molecule has 3 N–H and O–H groups in total. The van der Waals surface area contributed by atoms with Crippen molar-refractivity contribution in [2.45, 2.75) is 219 Å². The third kappa shape index (κ3) is 52.7. The van der Waals surface area contributed by atoms with Crippen molar-refractivity contribution in [2.75, 3.05) is 40.9 Å². The number of carbonyl (C=O) groups is 1. The summed E-state index contributed by atoms with van der Waals surface area (Å²) >= 11 is 0. The van der Waals surface area contributed by atoms with Gasteiger partial charge in [-0.05, 0) is 96.3 Å². The zero-order valence-electron chi connectivity index (χ0n) is 45.5. The molecular formula is C61H106N2O6P+. The molecule has 3 atom stereocenters. The number of hydrogen-bond acceptors (Lipinski definition) is 5. The largest absolute Gasteiger partial charge is 0.472 e. The third-order valence-electron chi connectivity index (χ3n) is 11.7. The van der Waals surface area contributed by atoms with E-state index in [0.29, 0.717) is 17.4 Å². The van der Waals surface area contributed by atoms with Crippen LogP contribution in [0.3, 0.4) is 0 Å². The lowest BCUT2D eigenvalue weighted by atomic mass is 10.1. The van der Waals surface area contributed by atoms with Crippen LogP contribution in [-0.2, 0) is 18.4 Å². The Labute approximate surface area is 431 Å². The van der Waals surface area contributed by atoms with Gasteiger partial charge in [0.25, 0.3) is 0 Å². The lowest BCUT2D eigenvalue weighted by Crippen LogP contribution is -2.45. The first kappa shape index (κ1) is 66.9. The van der Waals surface area contributed by atoms with Crippen molar-refractivity contribution in [1.82, 2.24) is 5.32 Å². The highest BCUT2D eigenvalue weighted by Gasteiger charge is 2.27. The second-order valence-electron chi connectivity index (χ2n) is 19.6. The summed E-state index contributed by atoms with van der Waals surface area (Å²) in [6.07, 6.45) is 75.8. The van der Waals surface area contributed by atoms with E-state index in [2.05, 4.69) is 129 Å². The number of aliphatic hydroxyl groups is 1. The molecule has 0 saturated heterocycles. The van der Waals surface area contributed by atoms with Crippen LogP contribution in [-0.4, -0.2) is 73.4 Å². The molecule has 9 heteroatoms. The maximum atomic E-state index is 13.0. The molecule has 70 heavy (non-hydrogen) atoms. The summed E-state index contributed by atoms with van der Waals surface area (Å²) < 4.78 is 23.6. The highest BCUT2D eigenvalue weighted by atomic mass is 31.2. The van der Waals surface area contributed by atoms with Gasteiger partial charge in [-0.2, -0.15) is 0 Å². The normalized spacial score (nSPS) is 14.9. The van der Waals surface area contributed by atoms with E-state index < -0.39 is 20.0 Å². The van der Waals surface area contributed by atoms with Crippen LogP contribution >= 0.6 is 7.82 Å². The Morgan fingerprint density at radius 1 is 0.500 bits per heavy atom. The summed E-state index contributed by atoms with van der Waals surface area (Å²) in [4.78, 5) is 23.2. The topological polar surface area (TPSA) is 105 Å². The number of nitrogens with zero attached hydrogens (tertiary/aromatic N) is 1. The van der Waals surface area contributed by atoms with Crippen LogP contribution in [0.1, 0.15) is 206 Å². The zero-order valence-corrected chi connectivity index (χ0v) is 46.4. The molecule has 8 nitrogen and oxygen atoms in total. The molecule has 0 fully saturated rings. The van der Waals surface area contributed by atoms with E-state index in [1.807, 2.05) is 27.2 Å². The molecule has 0 rings (SSSR count). The quantitative estimate of drug-likeness (QED) is 0.0243. The molecule has 3 unspecified atom stereocenters. The van der Waals surface area contributed by atoms with Crippen molar-refractivity contribution < 1.29 is 32.9 Å². The number of hydrogen-bond donors (Lipinski definition) is 3. The van der Waals surface area contributed by atoms with Gasteiger partial charge in [-0.1, -0.05) is 225 Å². The van der Waals surface area contributed by atoms with Crippen molar-refractivity contribution in [3.8, 4) is 0 Å². The molecule has 400 valence electrons. The van der Waals surface area contributed by atoms with Gasteiger partial charge in [-0.15, -0.1) is 0 Å². The molecule has 0 spiro atoms. The molecule has 0 radical (unpaired) electrons. The first-order chi connectivity index (χ1) is 34.0. The van der Waals surface area contributed by atoms with Crippen molar-refractivity contribution in [3.63, 3.8) is 0 Å². The lowest BCUT2D eigenvalue weighted by molar-refractivity contribution is -0.870. The smallest absolute Gasteiger partial charge is 0.387 e. The number of quaternary nitrogens is 1. The molecule has 0 aromatic carbocycles. The fraction of sp³-hybridized carbons (Fsp3) is 0.656. The summed E-state index contributed by atoms with van der Waals surface area (Å²) in [5.74, 6) is -0.201. The van der Waals surface area contributed by atoms with E-state index in [1.165, 1.54) is 83.5 Å². The number of carbonyl (C=O) groups excluding carboxylic acids is 1. The number of aliphatic hydroxyl groups excluding tert-OH is 1. The van der Waals surface area contributed by atoms with Crippen LogP contribution < -0.4 is 5.32 Å². The van der Waals surface area contributed by atoms with Gasteiger partial charge >= 0.3 is 7.82 Å². The predicted molar refractivity (Wildman–Crippen MR) is 304 cm³/mol. The highest BCUT2D eigenvalue weighted by molar-refractivity contribution is 7.47. The van der Waals surface area contributed by atoms with Gasteiger partial charge in [0.2, 0.25) is 5.91 Å². The van der Waals surface area contributed by atoms with Crippen LogP contribution in [0, 0.1) is 0 Å². The molecule has 0 aromatic heterocycles. The van der Waals surface area contributed by atoms with E-state index in [1.54, 1.807) is 6.08 Å². The summed E-state index contributed by atoms with van der Waals surface area (Å²) in [5.41, 5.74) is 0. The van der Waals surface area contributed by atoms with Crippen molar-refractivity contribution >= 4 is 13.7 Å². The Hall–Kier alpha value is -3.10. The van der Waals surface area contributed by atoms with E-state index >= 15 is 0 Å². The molecule has 0 aliphatic rings. The Morgan fingerprint density at radius 3 is 1.31 bits per heavy atom. The number of phosphoric ester groups is 1. The minimum atomic E-state index is -4.36. The molecule has 0 aliphatic heterocycles. The minimum Gasteiger partial charge on any atom is -0.387 e.